The fraction of sp³-hybridized carbons (Fsp3) is 0.0435. The quantitative estimate of drug-likeness (QED) is 0.195. The number of non-ortho nitro benzene ring substituents is 1. The molecular weight excluding hydrogens is 464 g/mol. The summed E-state index contributed by atoms with van der Waals surface area (Å²) < 4.78 is 5.64. The minimum absolute atomic E-state index is 0.0391. The van der Waals surface area contributed by atoms with Crippen molar-refractivity contribution in [2.24, 2.45) is 0 Å². The lowest BCUT2D eigenvalue weighted by atomic mass is 10.1. The molecule has 34 heavy (non-hydrogen) atoms. The third-order valence-corrected chi connectivity index (χ3v) is 4.75. The van der Waals surface area contributed by atoms with Crippen LogP contribution in [-0.4, -0.2) is 15.8 Å². The standard InChI is InChI=1S/C23H15ClN4O6/c1-14-2-5-18(6-3-14)26-23(29)16(13-25)10-15-11-17(24)4-8-21(15)34-22-9-7-19(27(30)31)12-20(22)28(32)33/h2-12H,1H3,(H,26,29)/b16-10+. The maximum atomic E-state index is 12.6. The lowest BCUT2D eigenvalue weighted by Crippen LogP contribution is -2.13. The summed E-state index contributed by atoms with van der Waals surface area (Å²) in [7, 11) is 0. The minimum Gasteiger partial charge on any atom is -0.449 e. The van der Waals surface area contributed by atoms with Gasteiger partial charge in [-0.2, -0.15) is 5.26 Å². The van der Waals surface area contributed by atoms with Crippen molar-refractivity contribution in [1.82, 2.24) is 0 Å². The second kappa shape index (κ2) is 10.2. The predicted octanol–water partition coefficient (Wildman–Crippen LogP) is 5.80. The molecule has 0 bridgehead atoms. The van der Waals surface area contributed by atoms with Gasteiger partial charge in [-0.3, -0.25) is 25.0 Å². The molecule has 0 fully saturated rings. The van der Waals surface area contributed by atoms with Gasteiger partial charge in [-0.15, -0.1) is 0 Å². The van der Waals surface area contributed by atoms with Crippen LogP contribution in [0.3, 0.4) is 0 Å². The normalized spacial score (nSPS) is 10.8. The van der Waals surface area contributed by atoms with Gasteiger partial charge in [0.2, 0.25) is 5.75 Å². The number of benzene rings is 3. The van der Waals surface area contributed by atoms with Crippen LogP contribution in [0.4, 0.5) is 17.1 Å². The molecule has 3 aromatic rings. The Labute approximate surface area is 198 Å². The number of aryl methyl sites for hydroxylation is 1. The largest absolute Gasteiger partial charge is 0.449 e. The van der Waals surface area contributed by atoms with Crippen molar-refractivity contribution >= 4 is 40.6 Å². The number of halogens is 1. The van der Waals surface area contributed by atoms with Crippen molar-refractivity contribution in [1.29, 1.82) is 5.26 Å². The predicted molar refractivity (Wildman–Crippen MR) is 125 cm³/mol. The Kier molecular flexibility index (Phi) is 7.20. The van der Waals surface area contributed by atoms with Gasteiger partial charge in [0.1, 0.15) is 17.4 Å². The first-order chi connectivity index (χ1) is 16.2. The first-order valence-electron chi connectivity index (χ1n) is 9.58. The molecule has 170 valence electrons. The van der Waals surface area contributed by atoms with Crippen LogP contribution < -0.4 is 10.1 Å². The zero-order chi connectivity index (χ0) is 24.8. The zero-order valence-corrected chi connectivity index (χ0v) is 18.3. The summed E-state index contributed by atoms with van der Waals surface area (Å²) in [5.74, 6) is -0.911. The summed E-state index contributed by atoms with van der Waals surface area (Å²) >= 11 is 6.06. The average Bonchev–Trinajstić information content (AvgIpc) is 2.80. The van der Waals surface area contributed by atoms with E-state index in [1.54, 1.807) is 24.3 Å². The molecule has 0 spiro atoms. The van der Waals surface area contributed by atoms with Crippen molar-refractivity contribution in [3.8, 4) is 17.6 Å². The third-order valence-electron chi connectivity index (χ3n) is 4.52. The second-order valence-corrected chi connectivity index (χ2v) is 7.38. The van der Waals surface area contributed by atoms with E-state index in [9.17, 15) is 30.3 Å². The highest BCUT2D eigenvalue weighted by Crippen LogP contribution is 2.37. The molecule has 0 saturated carbocycles. The van der Waals surface area contributed by atoms with E-state index in [-0.39, 0.29) is 27.7 Å². The van der Waals surface area contributed by atoms with Gasteiger partial charge in [0.15, 0.2) is 0 Å². The SMILES string of the molecule is Cc1ccc(NC(=O)/C(C#N)=C/c2cc(Cl)ccc2Oc2ccc([N+](=O)[O-])cc2[N+](=O)[O-])cc1. The Bertz CT molecular complexity index is 1360. The number of rotatable bonds is 7. The number of nitro benzene ring substituents is 2. The number of nitrogens with one attached hydrogen (secondary N) is 1. The number of ether oxygens (including phenoxy) is 1. The molecule has 3 aromatic carbocycles. The van der Waals surface area contributed by atoms with E-state index in [2.05, 4.69) is 5.32 Å². The minimum atomic E-state index is -0.816. The summed E-state index contributed by atoms with van der Waals surface area (Å²) in [5.41, 5.74) is 0.295. The molecule has 0 unspecified atom stereocenters. The molecular formula is C23H15ClN4O6. The zero-order valence-electron chi connectivity index (χ0n) is 17.5. The smallest absolute Gasteiger partial charge is 0.318 e. The Morgan fingerprint density at radius 3 is 2.32 bits per heavy atom. The lowest BCUT2D eigenvalue weighted by molar-refractivity contribution is -0.394. The summed E-state index contributed by atoms with van der Waals surface area (Å²) in [5, 5.41) is 34.8. The molecule has 0 aliphatic carbocycles. The van der Waals surface area contributed by atoms with Gasteiger partial charge >= 0.3 is 5.69 Å². The molecule has 0 radical (unpaired) electrons. The summed E-state index contributed by atoms with van der Waals surface area (Å²) in [6.07, 6.45) is 1.22. The highest BCUT2D eigenvalue weighted by atomic mass is 35.5. The highest BCUT2D eigenvalue weighted by Gasteiger charge is 2.22. The fourth-order valence-electron chi connectivity index (χ4n) is 2.83. The number of carbonyl (C=O) groups is 1. The third kappa shape index (κ3) is 5.73. The van der Waals surface area contributed by atoms with Crippen LogP contribution in [0.2, 0.25) is 5.02 Å². The van der Waals surface area contributed by atoms with Gasteiger partial charge in [0.05, 0.1) is 15.9 Å². The van der Waals surface area contributed by atoms with Crippen LogP contribution in [0.5, 0.6) is 11.5 Å². The molecule has 0 atom stereocenters. The first kappa shape index (κ1) is 23.9. The summed E-state index contributed by atoms with van der Waals surface area (Å²) in [6, 6.07) is 15.9. The topological polar surface area (TPSA) is 148 Å². The van der Waals surface area contributed by atoms with Crippen LogP contribution >= 0.6 is 11.6 Å². The van der Waals surface area contributed by atoms with Crippen LogP contribution in [0, 0.1) is 38.5 Å². The van der Waals surface area contributed by atoms with Gasteiger partial charge < -0.3 is 10.1 Å². The molecule has 0 aliphatic heterocycles. The van der Waals surface area contributed by atoms with E-state index in [1.807, 2.05) is 13.0 Å². The van der Waals surface area contributed by atoms with Crippen molar-refractivity contribution in [3.05, 3.63) is 103 Å². The first-order valence-corrected chi connectivity index (χ1v) is 9.96. The van der Waals surface area contributed by atoms with E-state index >= 15 is 0 Å². The summed E-state index contributed by atoms with van der Waals surface area (Å²) in [4.78, 5) is 33.4. The Morgan fingerprint density at radius 1 is 1.03 bits per heavy atom. The molecule has 3 rings (SSSR count). The van der Waals surface area contributed by atoms with Crippen LogP contribution in [0.1, 0.15) is 11.1 Å². The Balaban J connectivity index is 1.97. The van der Waals surface area contributed by atoms with Crippen LogP contribution in [0.15, 0.2) is 66.2 Å². The molecule has 0 aromatic heterocycles. The molecule has 0 aliphatic rings. The van der Waals surface area contributed by atoms with Gasteiger partial charge in [0.25, 0.3) is 11.6 Å². The fourth-order valence-corrected chi connectivity index (χ4v) is 3.01. The summed E-state index contributed by atoms with van der Waals surface area (Å²) in [6.45, 7) is 1.89. The molecule has 0 saturated heterocycles. The van der Waals surface area contributed by atoms with Gasteiger partial charge in [-0.05, 0) is 49.4 Å². The van der Waals surface area contributed by atoms with E-state index < -0.39 is 27.1 Å². The van der Waals surface area contributed by atoms with E-state index in [4.69, 9.17) is 16.3 Å². The van der Waals surface area contributed by atoms with Crippen molar-refractivity contribution in [2.75, 3.05) is 5.32 Å². The van der Waals surface area contributed by atoms with Crippen molar-refractivity contribution in [2.45, 2.75) is 6.92 Å². The molecule has 1 N–H and O–H groups in total. The highest BCUT2D eigenvalue weighted by molar-refractivity contribution is 6.30. The van der Waals surface area contributed by atoms with Crippen LogP contribution in [0.25, 0.3) is 6.08 Å². The second-order valence-electron chi connectivity index (χ2n) is 6.94. The number of carbonyl (C=O) groups excluding carboxylic acids is 1. The maximum Gasteiger partial charge on any atom is 0.318 e. The Morgan fingerprint density at radius 2 is 1.71 bits per heavy atom. The molecule has 1 amide bonds. The average molecular weight is 479 g/mol. The number of amides is 1. The van der Waals surface area contributed by atoms with Gasteiger partial charge in [-0.25, -0.2) is 0 Å². The number of nitrogens with zero attached hydrogens (tertiary/aromatic N) is 3. The van der Waals surface area contributed by atoms with E-state index in [1.165, 1.54) is 24.3 Å². The van der Waals surface area contributed by atoms with Gasteiger partial charge in [-0.1, -0.05) is 29.3 Å². The van der Waals surface area contributed by atoms with E-state index in [0.29, 0.717) is 5.69 Å². The van der Waals surface area contributed by atoms with Crippen LogP contribution in [-0.2, 0) is 4.79 Å². The van der Waals surface area contributed by atoms with Gasteiger partial charge in [0, 0.05) is 22.3 Å². The van der Waals surface area contributed by atoms with Crippen molar-refractivity contribution < 1.29 is 19.4 Å². The molecule has 10 nitrogen and oxygen atoms in total. The number of nitro groups is 2. The monoisotopic (exact) mass is 478 g/mol. The molecule has 11 heteroatoms. The number of hydrogen-bond donors (Lipinski definition) is 1. The number of anilines is 1. The Hall–Kier alpha value is -4.75. The lowest BCUT2D eigenvalue weighted by Gasteiger charge is -2.10. The maximum absolute atomic E-state index is 12.6. The molecule has 0 heterocycles. The number of hydrogen-bond acceptors (Lipinski definition) is 7. The van der Waals surface area contributed by atoms with Crippen molar-refractivity contribution in [3.63, 3.8) is 0 Å². The number of nitriles is 1. The van der Waals surface area contributed by atoms with E-state index in [0.717, 1.165) is 23.8 Å².